The molecule has 0 saturated carbocycles. The first kappa shape index (κ1) is 31.2. The maximum absolute atomic E-state index is 14.0. The fourth-order valence-electron chi connectivity index (χ4n) is 3.55. The van der Waals surface area contributed by atoms with E-state index < -0.39 is 24.1 Å². The lowest BCUT2D eigenvalue weighted by atomic mass is 10.0. The van der Waals surface area contributed by atoms with Crippen molar-refractivity contribution in [2.24, 2.45) is 0 Å². The predicted octanol–water partition coefficient (Wildman–Crippen LogP) is 8.20. The van der Waals surface area contributed by atoms with Gasteiger partial charge in [0.05, 0.1) is 6.42 Å². The molecule has 0 radical (unpaired) electrons. The van der Waals surface area contributed by atoms with E-state index in [1.165, 1.54) is 17.0 Å². The van der Waals surface area contributed by atoms with Crippen molar-refractivity contribution in [2.45, 2.75) is 72.3 Å². The van der Waals surface area contributed by atoms with E-state index in [1.807, 2.05) is 71.2 Å². The van der Waals surface area contributed by atoms with Crippen LogP contribution in [0.1, 0.15) is 78.5 Å². The van der Waals surface area contributed by atoms with Crippen molar-refractivity contribution in [3.63, 3.8) is 0 Å². The van der Waals surface area contributed by atoms with Crippen LogP contribution in [0.4, 0.5) is 4.39 Å². The maximum atomic E-state index is 14.0. The Labute approximate surface area is 220 Å². The second-order valence-electron chi connectivity index (χ2n) is 8.55. The molecule has 0 saturated heterocycles. The summed E-state index contributed by atoms with van der Waals surface area (Å²) in [5.74, 6) is -1.54. The number of esters is 2. The van der Waals surface area contributed by atoms with Gasteiger partial charge >= 0.3 is 11.9 Å². The zero-order valence-corrected chi connectivity index (χ0v) is 23.8. The summed E-state index contributed by atoms with van der Waals surface area (Å²) in [6.07, 6.45) is 4.00. The molecule has 0 aromatic heterocycles. The van der Waals surface area contributed by atoms with Crippen LogP contribution in [0.5, 0.6) is 0 Å². The van der Waals surface area contributed by atoms with Gasteiger partial charge in [0.15, 0.2) is 6.61 Å². The lowest BCUT2D eigenvalue weighted by molar-refractivity contribution is -0.166. The van der Waals surface area contributed by atoms with Crippen molar-refractivity contribution in [1.29, 1.82) is 0 Å². The average molecular weight is 515 g/mol. The number of rotatable bonds is 6. The van der Waals surface area contributed by atoms with E-state index in [0.717, 1.165) is 22.3 Å². The van der Waals surface area contributed by atoms with Crippen molar-refractivity contribution >= 4 is 40.9 Å². The molecule has 0 N–H and O–H groups in total. The molecule has 1 aliphatic carbocycles. The number of carbonyl (C=O) groups excluding carboxylic acids is 2. The number of benzene rings is 2. The summed E-state index contributed by atoms with van der Waals surface area (Å²) >= 11 is 1.67. The first-order valence-electron chi connectivity index (χ1n) is 12.3. The van der Waals surface area contributed by atoms with Crippen LogP contribution >= 0.6 is 11.8 Å². The molecule has 0 heterocycles. The van der Waals surface area contributed by atoms with Gasteiger partial charge in [-0.2, -0.15) is 0 Å². The highest BCUT2D eigenvalue weighted by atomic mass is 32.2. The van der Waals surface area contributed by atoms with Crippen LogP contribution in [0.25, 0.3) is 17.2 Å². The number of hydrogen-bond donors (Lipinski definition) is 0. The molecular formula is C30H39FO4S. The highest BCUT2D eigenvalue weighted by Gasteiger charge is 2.27. The van der Waals surface area contributed by atoms with Crippen LogP contribution in [0.15, 0.2) is 52.9 Å². The Morgan fingerprint density at radius 3 is 2.11 bits per heavy atom. The summed E-state index contributed by atoms with van der Waals surface area (Å²) in [6, 6.07) is 12.7. The number of hydrogen-bond acceptors (Lipinski definition) is 5. The fraction of sp³-hybridized carbons (Fsp3) is 0.400. The summed E-state index contributed by atoms with van der Waals surface area (Å²) in [4.78, 5) is 25.5. The van der Waals surface area contributed by atoms with Gasteiger partial charge in [0.1, 0.15) is 11.4 Å². The second-order valence-corrected chi connectivity index (χ2v) is 9.43. The fourth-order valence-corrected chi connectivity index (χ4v) is 3.96. The molecule has 6 heteroatoms. The SMILES string of the molecule is CC.CC.CSc1ccc(/C=C2/C(C)=C(CC(=O)OCC(=O)OC(C)(C)C)c3cc(F)ccc32)cc1. The quantitative estimate of drug-likeness (QED) is 0.287. The van der Waals surface area contributed by atoms with Crippen LogP contribution in [-0.2, 0) is 19.1 Å². The standard InChI is InChI=1S/C26H27FO4S.2C2H6/c1-16-21(12-17-6-9-19(32-5)10-7-17)20-11-8-18(27)13-23(20)22(16)14-24(28)30-15-25(29)31-26(2,3)4;2*1-2/h6-13H,14-15H2,1-5H3;2*1-2H3/b21-12-;;. The third-order valence-corrected chi connectivity index (χ3v) is 5.72. The van der Waals surface area contributed by atoms with E-state index in [0.29, 0.717) is 11.1 Å². The van der Waals surface area contributed by atoms with Crippen LogP contribution in [0.3, 0.4) is 0 Å². The number of allylic oxidation sites excluding steroid dienone is 2. The molecular weight excluding hydrogens is 475 g/mol. The van der Waals surface area contributed by atoms with E-state index in [2.05, 4.69) is 0 Å². The molecule has 0 spiro atoms. The van der Waals surface area contributed by atoms with Crippen molar-refractivity contribution in [3.8, 4) is 0 Å². The molecule has 2 aromatic rings. The average Bonchev–Trinajstić information content (AvgIpc) is 3.10. The van der Waals surface area contributed by atoms with E-state index >= 15 is 0 Å². The van der Waals surface area contributed by atoms with Gasteiger partial charge in [-0.1, -0.05) is 45.9 Å². The molecule has 0 fully saturated rings. The van der Waals surface area contributed by atoms with E-state index in [9.17, 15) is 14.0 Å². The van der Waals surface area contributed by atoms with E-state index in [1.54, 1.807) is 38.6 Å². The largest absolute Gasteiger partial charge is 0.457 e. The maximum Gasteiger partial charge on any atom is 0.344 e. The van der Waals surface area contributed by atoms with Gasteiger partial charge in [-0.05, 0) is 97.7 Å². The van der Waals surface area contributed by atoms with Crippen molar-refractivity contribution in [3.05, 3.63) is 70.5 Å². The Morgan fingerprint density at radius 2 is 1.56 bits per heavy atom. The number of halogens is 1. The van der Waals surface area contributed by atoms with Crippen LogP contribution in [0.2, 0.25) is 0 Å². The van der Waals surface area contributed by atoms with Gasteiger partial charge in [0.2, 0.25) is 0 Å². The second kappa shape index (κ2) is 14.6. The number of ether oxygens (including phenoxy) is 2. The number of fused-ring (bicyclic) bond motifs is 1. The monoisotopic (exact) mass is 514 g/mol. The molecule has 1 aliphatic rings. The Morgan fingerprint density at radius 1 is 0.944 bits per heavy atom. The number of carbonyl (C=O) groups is 2. The predicted molar refractivity (Wildman–Crippen MR) is 149 cm³/mol. The molecule has 0 bridgehead atoms. The molecule has 0 atom stereocenters. The summed E-state index contributed by atoms with van der Waals surface area (Å²) in [5, 5.41) is 0. The molecule has 2 aromatic carbocycles. The Bertz CT molecular complexity index is 1090. The lowest BCUT2D eigenvalue weighted by Gasteiger charge is -2.19. The molecule has 36 heavy (non-hydrogen) atoms. The van der Waals surface area contributed by atoms with Gasteiger partial charge in [0, 0.05) is 4.90 Å². The van der Waals surface area contributed by atoms with Gasteiger partial charge in [-0.15, -0.1) is 11.8 Å². The van der Waals surface area contributed by atoms with Crippen molar-refractivity contribution in [1.82, 2.24) is 0 Å². The minimum absolute atomic E-state index is 0.0617. The zero-order chi connectivity index (χ0) is 27.5. The highest BCUT2D eigenvalue weighted by Crippen LogP contribution is 2.44. The zero-order valence-electron chi connectivity index (χ0n) is 23.0. The summed E-state index contributed by atoms with van der Waals surface area (Å²) in [5.41, 5.74) is 4.41. The number of thioether (sulfide) groups is 1. The third kappa shape index (κ3) is 8.98. The molecule has 0 aliphatic heterocycles. The van der Waals surface area contributed by atoms with Crippen molar-refractivity contribution < 1.29 is 23.5 Å². The molecule has 3 rings (SSSR count). The third-order valence-electron chi connectivity index (χ3n) is 4.97. The lowest BCUT2D eigenvalue weighted by Crippen LogP contribution is -2.27. The summed E-state index contributed by atoms with van der Waals surface area (Å²) in [7, 11) is 0. The summed E-state index contributed by atoms with van der Waals surface area (Å²) in [6.45, 7) is 14.7. The Balaban J connectivity index is 0.00000154. The van der Waals surface area contributed by atoms with Gasteiger partial charge in [-0.3, -0.25) is 4.79 Å². The topological polar surface area (TPSA) is 52.6 Å². The van der Waals surface area contributed by atoms with Gasteiger partial charge in [-0.25, -0.2) is 9.18 Å². The van der Waals surface area contributed by atoms with Crippen LogP contribution in [-0.4, -0.2) is 30.4 Å². The highest BCUT2D eigenvalue weighted by molar-refractivity contribution is 7.98. The van der Waals surface area contributed by atoms with Crippen molar-refractivity contribution in [2.75, 3.05) is 12.9 Å². The minimum Gasteiger partial charge on any atom is -0.457 e. The van der Waals surface area contributed by atoms with E-state index in [-0.39, 0.29) is 12.2 Å². The van der Waals surface area contributed by atoms with Gasteiger partial charge < -0.3 is 9.47 Å². The van der Waals surface area contributed by atoms with Crippen LogP contribution < -0.4 is 0 Å². The first-order valence-corrected chi connectivity index (χ1v) is 13.5. The first-order chi connectivity index (χ1) is 17.1. The van der Waals surface area contributed by atoms with Gasteiger partial charge in [0.25, 0.3) is 0 Å². The normalized spacial score (nSPS) is 13.2. The molecule has 196 valence electrons. The molecule has 4 nitrogen and oxygen atoms in total. The van der Waals surface area contributed by atoms with E-state index in [4.69, 9.17) is 9.47 Å². The molecule has 0 amide bonds. The summed E-state index contributed by atoms with van der Waals surface area (Å²) < 4.78 is 24.3. The Kier molecular flexibility index (Phi) is 12.7. The smallest absolute Gasteiger partial charge is 0.344 e. The molecule has 0 unspecified atom stereocenters. The minimum atomic E-state index is -0.655. The van der Waals surface area contributed by atoms with Crippen LogP contribution in [0, 0.1) is 5.82 Å². The Hall–Kier alpha value is -2.86.